The molecule has 4 nitrogen and oxygen atoms in total. The van der Waals surface area contributed by atoms with Crippen LogP contribution in [0.4, 0.5) is 4.39 Å². The van der Waals surface area contributed by atoms with Gasteiger partial charge in [0.2, 0.25) is 0 Å². The number of halogens is 3. The molecule has 0 aliphatic rings. The van der Waals surface area contributed by atoms with Gasteiger partial charge in [-0.1, -0.05) is 11.6 Å². The van der Waals surface area contributed by atoms with E-state index in [1.165, 1.54) is 31.4 Å². The molecule has 0 fully saturated rings. The molecule has 0 aromatic heterocycles. The standard InChI is InChI=1S/C14H9BrClFO4/c1-20-7-2-3-8(14(18)19)12(4-7)21-13-6-11(17)10(16)5-9(13)15/h2-6H,1H3,(H,18,19). The van der Waals surface area contributed by atoms with E-state index < -0.39 is 11.8 Å². The minimum atomic E-state index is -1.17. The summed E-state index contributed by atoms with van der Waals surface area (Å²) in [6.45, 7) is 0. The maximum Gasteiger partial charge on any atom is 0.339 e. The highest BCUT2D eigenvalue weighted by atomic mass is 79.9. The molecule has 1 N–H and O–H groups in total. The van der Waals surface area contributed by atoms with Gasteiger partial charge in [0.25, 0.3) is 0 Å². The molecule has 0 bridgehead atoms. The van der Waals surface area contributed by atoms with Crippen LogP contribution in [0, 0.1) is 5.82 Å². The molecule has 2 aromatic rings. The van der Waals surface area contributed by atoms with E-state index in [-0.39, 0.29) is 22.1 Å². The second-order valence-corrected chi connectivity index (χ2v) is 5.23. The second kappa shape index (κ2) is 6.32. The molecule has 21 heavy (non-hydrogen) atoms. The van der Waals surface area contributed by atoms with Crippen LogP contribution in [0.1, 0.15) is 10.4 Å². The third-order valence-electron chi connectivity index (χ3n) is 2.61. The normalized spacial score (nSPS) is 10.3. The molecule has 7 heteroatoms. The number of rotatable bonds is 4. The van der Waals surface area contributed by atoms with E-state index in [0.717, 1.165) is 6.07 Å². The molecule has 0 radical (unpaired) electrons. The molecule has 2 rings (SSSR count). The maximum absolute atomic E-state index is 13.5. The van der Waals surface area contributed by atoms with Crippen LogP contribution in [0.25, 0.3) is 0 Å². The van der Waals surface area contributed by atoms with E-state index >= 15 is 0 Å². The van der Waals surface area contributed by atoms with Crippen molar-refractivity contribution in [1.82, 2.24) is 0 Å². The molecular weight excluding hydrogens is 367 g/mol. The number of methoxy groups -OCH3 is 1. The van der Waals surface area contributed by atoms with Crippen molar-refractivity contribution in [2.45, 2.75) is 0 Å². The Morgan fingerprint density at radius 2 is 2.00 bits per heavy atom. The highest BCUT2D eigenvalue weighted by molar-refractivity contribution is 9.10. The fraction of sp³-hybridized carbons (Fsp3) is 0.0714. The molecule has 0 saturated heterocycles. The van der Waals surface area contributed by atoms with Crippen molar-refractivity contribution in [2.75, 3.05) is 7.11 Å². The third kappa shape index (κ3) is 3.46. The first kappa shape index (κ1) is 15.6. The lowest BCUT2D eigenvalue weighted by atomic mass is 10.2. The van der Waals surface area contributed by atoms with Crippen molar-refractivity contribution in [1.29, 1.82) is 0 Å². The molecule has 0 aliphatic carbocycles. The molecule has 0 saturated carbocycles. The highest BCUT2D eigenvalue weighted by Crippen LogP contribution is 2.36. The summed E-state index contributed by atoms with van der Waals surface area (Å²) in [4.78, 5) is 11.2. The zero-order valence-electron chi connectivity index (χ0n) is 10.7. The summed E-state index contributed by atoms with van der Waals surface area (Å²) in [7, 11) is 1.44. The zero-order valence-corrected chi connectivity index (χ0v) is 13.0. The lowest BCUT2D eigenvalue weighted by Crippen LogP contribution is -2.01. The summed E-state index contributed by atoms with van der Waals surface area (Å²) in [6.07, 6.45) is 0. The van der Waals surface area contributed by atoms with E-state index in [9.17, 15) is 9.18 Å². The number of hydrogen-bond donors (Lipinski definition) is 1. The molecule has 0 amide bonds. The summed E-state index contributed by atoms with van der Waals surface area (Å²) >= 11 is 8.82. The Balaban J connectivity index is 2.47. The van der Waals surface area contributed by atoms with Crippen LogP contribution < -0.4 is 9.47 Å². The van der Waals surface area contributed by atoms with Gasteiger partial charge >= 0.3 is 5.97 Å². The summed E-state index contributed by atoms with van der Waals surface area (Å²) in [5.74, 6) is -1.29. The molecule has 0 unspecified atom stereocenters. The number of hydrogen-bond acceptors (Lipinski definition) is 3. The van der Waals surface area contributed by atoms with Crippen molar-refractivity contribution >= 4 is 33.5 Å². The van der Waals surface area contributed by atoms with E-state index in [1.807, 2.05) is 0 Å². The van der Waals surface area contributed by atoms with Crippen LogP contribution in [0.15, 0.2) is 34.8 Å². The summed E-state index contributed by atoms with van der Waals surface area (Å²) in [5.41, 5.74) is -0.0712. The molecular formula is C14H9BrClFO4. The largest absolute Gasteiger partial charge is 0.497 e. The summed E-state index contributed by atoms with van der Waals surface area (Å²) < 4.78 is 24.4. The lowest BCUT2D eigenvalue weighted by Gasteiger charge is -2.12. The SMILES string of the molecule is COc1ccc(C(=O)O)c(Oc2cc(F)c(Cl)cc2Br)c1. The number of carboxylic acids is 1. The molecule has 0 heterocycles. The van der Waals surface area contributed by atoms with E-state index in [1.54, 1.807) is 0 Å². The number of carbonyl (C=O) groups is 1. The van der Waals surface area contributed by atoms with E-state index in [0.29, 0.717) is 10.2 Å². The molecule has 0 spiro atoms. The average Bonchev–Trinajstić information content (AvgIpc) is 2.44. The van der Waals surface area contributed by atoms with Gasteiger partial charge < -0.3 is 14.6 Å². The van der Waals surface area contributed by atoms with Crippen molar-refractivity contribution < 1.29 is 23.8 Å². The fourth-order valence-corrected chi connectivity index (χ4v) is 2.31. The van der Waals surface area contributed by atoms with Crippen LogP contribution in [0.5, 0.6) is 17.2 Å². The average molecular weight is 376 g/mol. The van der Waals surface area contributed by atoms with Gasteiger partial charge in [0.15, 0.2) is 0 Å². The van der Waals surface area contributed by atoms with Crippen LogP contribution in [-0.2, 0) is 0 Å². The summed E-state index contributed by atoms with van der Waals surface area (Å²) in [6, 6.07) is 6.64. The van der Waals surface area contributed by atoms with Crippen molar-refractivity contribution in [3.63, 3.8) is 0 Å². The van der Waals surface area contributed by atoms with E-state index in [2.05, 4.69) is 15.9 Å². The molecule has 0 atom stereocenters. The van der Waals surface area contributed by atoms with Gasteiger partial charge in [0.1, 0.15) is 28.6 Å². The first-order valence-electron chi connectivity index (χ1n) is 5.66. The van der Waals surface area contributed by atoms with Gasteiger partial charge in [-0.2, -0.15) is 0 Å². The number of carboxylic acid groups (broad SMARTS) is 1. The Kier molecular flexibility index (Phi) is 4.69. The van der Waals surface area contributed by atoms with Gasteiger partial charge in [0.05, 0.1) is 16.6 Å². The van der Waals surface area contributed by atoms with Crippen molar-refractivity contribution in [3.05, 3.63) is 51.2 Å². The smallest absolute Gasteiger partial charge is 0.339 e. The predicted molar refractivity (Wildman–Crippen MR) is 79.1 cm³/mol. The van der Waals surface area contributed by atoms with Crippen LogP contribution >= 0.6 is 27.5 Å². The fourth-order valence-electron chi connectivity index (χ4n) is 1.59. The second-order valence-electron chi connectivity index (χ2n) is 3.97. The van der Waals surface area contributed by atoms with E-state index in [4.69, 9.17) is 26.2 Å². The van der Waals surface area contributed by atoms with Gasteiger partial charge in [0, 0.05) is 12.1 Å². The Labute approximate surface area is 133 Å². The number of benzene rings is 2. The number of aromatic carboxylic acids is 1. The summed E-state index contributed by atoms with van der Waals surface area (Å²) in [5, 5.41) is 9.08. The minimum absolute atomic E-state index is 0.0317. The molecule has 0 aliphatic heterocycles. The zero-order chi connectivity index (χ0) is 15.6. The van der Waals surface area contributed by atoms with Crippen LogP contribution in [0.3, 0.4) is 0 Å². The third-order valence-corrected chi connectivity index (χ3v) is 3.52. The van der Waals surface area contributed by atoms with Crippen molar-refractivity contribution in [2.24, 2.45) is 0 Å². The quantitative estimate of drug-likeness (QED) is 0.784. The Hall–Kier alpha value is -1.79. The lowest BCUT2D eigenvalue weighted by molar-refractivity contribution is 0.0694. The van der Waals surface area contributed by atoms with Crippen LogP contribution in [-0.4, -0.2) is 18.2 Å². The topological polar surface area (TPSA) is 55.8 Å². The molecule has 2 aromatic carbocycles. The maximum atomic E-state index is 13.5. The van der Waals surface area contributed by atoms with Gasteiger partial charge in [-0.3, -0.25) is 0 Å². The molecule has 110 valence electrons. The predicted octanol–water partition coefficient (Wildman–Crippen LogP) is 4.74. The van der Waals surface area contributed by atoms with Crippen LogP contribution in [0.2, 0.25) is 5.02 Å². The first-order chi connectivity index (χ1) is 9.92. The Bertz CT molecular complexity index is 706. The minimum Gasteiger partial charge on any atom is -0.497 e. The van der Waals surface area contributed by atoms with Gasteiger partial charge in [-0.25, -0.2) is 9.18 Å². The van der Waals surface area contributed by atoms with Gasteiger partial charge in [-0.15, -0.1) is 0 Å². The number of ether oxygens (including phenoxy) is 2. The Morgan fingerprint density at radius 1 is 1.29 bits per heavy atom. The van der Waals surface area contributed by atoms with Gasteiger partial charge in [-0.05, 0) is 34.1 Å². The van der Waals surface area contributed by atoms with Crippen molar-refractivity contribution in [3.8, 4) is 17.2 Å². The highest BCUT2D eigenvalue weighted by Gasteiger charge is 2.16. The Morgan fingerprint density at radius 3 is 2.62 bits per heavy atom. The first-order valence-corrected chi connectivity index (χ1v) is 6.83. The monoisotopic (exact) mass is 374 g/mol.